The largest absolute Gasteiger partial charge is 0.497 e. The second-order valence-corrected chi connectivity index (χ2v) is 6.09. The van der Waals surface area contributed by atoms with E-state index in [1.165, 1.54) is 12.8 Å². The first-order chi connectivity index (χ1) is 12.2. The van der Waals surface area contributed by atoms with Crippen LogP contribution in [0.2, 0.25) is 0 Å². The summed E-state index contributed by atoms with van der Waals surface area (Å²) in [6.45, 7) is 0.465. The van der Waals surface area contributed by atoms with Crippen LogP contribution in [0.3, 0.4) is 0 Å². The fourth-order valence-corrected chi connectivity index (χ4v) is 2.85. The molecule has 1 aliphatic rings. The van der Waals surface area contributed by atoms with Crippen molar-refractivity contribution >= 4 is 35.6 Å². The molecule has 0 bridgehead atoms. The maximum Gasteiger partial charge on any atom is 0.213 e. The number of aliphatic imine (C=N–C) groups is 1. The molecule has 2 aromatic rings. The van der Waals surface area contributed by atoms with Gasteiger partial charge < -0.3 is 20.5 Å². The Hall–Kier alpha value is -2.03. The Bertz CT molecular complexity index is 733. The van der Waals surface area contributed by atoms with Crippen LogP contribution in [-0.2, 0) is 6.54 Å². The minimum atomic E-state index is 0. The van der Waals surface area contributed by atoms with E-state index in [4.69, 9.17) is 15.2 Å². The number of ether oxygens (including phenoxy) is 2. The third-order valence-corrected chi connectivity index (χ3v) is 4.16. The number of methoxy groups -OCH3 is 1. The monoisotopic (exact) mass is 468 g/mol. The van der Waals surface area contributed by atoms with Crippen molar-refractivity contribution in [2.24, 2.45) is 10.7 Å². The van der Waals surface area contributed by atoms with Gasteiger partial charge in [0.25, 0.3) is 0 Å². The molecular formula is C19H25IN4O2. The topological polar surface area (TPSA) is 81.8 Å². The van der Waals surface area contributed by atoms with E-state index >= 15 is 0 Å². The van der Waals surface area contributed by atoms with Gasteiger partial charge in [-0.3, -0.25) is 0 Å². The summed E-state index contributed by atoms with van der Waals surface area (Å²) in [5.41, 5.74) is 7.81. The highest BCUT2D eigenvalue weighted by Gasteiger charge is 2.16. The first-order valence-corrected chi connectivity index (χ1v) is 8.55. The molecule has 0 spiro atoms. The minimum Gasteiger partial charge on any atom is -0.497 e. The summed E-state index contributed by atoms with van der Waals surface area (Å²) < 4.78 is 11.1. The van der Waals surface area contributed by atoms with Crippen molar-refractivity contribution < 1.29 is 9.47 Å². The van der Waals surface area contributed by atoms with E-state index in [-0.39, 0.29) is 24.0 Å². The second-order valence-electron chi connectivity index (χ2n) is 6.09. The number of guanidine groups is 1. The lowest BCUT2D eigenvalue weighted by Crippen LogP contribution is -2.22. The molecule has 3 N–H and O–H groups in total. The average Bonchev–Trinajstić information content (AvgIpc) is 3.13. The zero-order valence-corrected chi connectivity index (χ0v) is 17.2. The van der Waals surface area contributed by atoms with Crippen LogP contribution in [0.25, 0.3) is 0 Å². The highest BCUT2D eigenvalue weighted by Crippen LogP contribution is 2.23. The van der Waals surface area contributed by atoms with Crippen LogP contribution in [0, 0.1) is 0 Å². The summed E-state index contributed by atoms with van der Waals surface area (Å²) in [5, 5.41) is 3.06. The number of hydrogen-bond acceptors (Lipinski definition) is 4. The average molecular weight is 468 g/mol. The van der Waals surface area contributed by atoms with Gasteiger partial charge in [0.05, 0.1) is 13.7 Å². The van der Waals surface area contributed by atoms with Gasteiger partial charge in [-0.25, -0.2) is 9.98 Å². The molecule has 0 aliphatic heterocycles. The van der Waals surface area contributed by atoms with Crippen LogP contribution in [0.1, 0.15) is 31.2 Å². The number of anilines is 1. The molecule has 0 radical (unpaired) electrons. The molecule has 0 unspecified atom stereocenters. The van der Waals surface area contributed by atoms with E-state index < -0.39 is 0 Å². The molecule has 7 heteroatoms. The maximum absolute atomic E-state index is 5.97. The lowest BCUT2D eigenvalue weighted by molar-refractivity contribution is 0.201. The van der Waals surface area contributed by atoms with Gasteiger partial charge in [0, 0.05) is 24.0 Å². The van der Waals surface area contributed by atoms with Gasteiger partial charge in [0.1, 0.15) is 11.9 Å². The molecule has 140 valence electrons. The van der Waals surface area contributed by atoms with Crippen LogP contribution in [-0.4, -0.2) is 24.2 Å². The predicted octanol–water partition coefficient (Wildman–Crippen LogP) is 3.96. The summed E-state index contributed by atoms with van der Waals surface area (Å²) in [6.07, 6.45) is 6.75. The van der Waals surface area contributed by atoms with Gasteiger partial charge in [0.2, 0.25) is 5.88 Å². The van der Waals surface area contributed by atoms with E-state index in [2.05, 4.69) is 15.3 Å². The lowest BCUT2D eigenvalue weighted by atomic mass is 10.2. The highest BCUT2D eigenvalue weighted by molar-refractivity contribution is 14.0. The third-order valence-electron chi connectivity index (χ3n) is 4.16. The number of pyridine rings is 1. The first-order valence-electron chi connectivity index (χ1n) is 8.55. The van der Waals surface area contributed by atoms with Crippen molar-refractivity contribution in [3.05, 3.63) is 48.2 Å². The van der Waals surface area contributed by atoms with Gasteiger partial charge in [-0.2, -0.15) is 0 Å². The number of aromatic nitrogens is 1. The highest BCUT2D eigenvalue weighted by atomic mass is 127. The van der Waals surface area contributed by atoms with E-state index in [1.54, 1.807) is 13.3 Å². The van der Waals surface area contributed by atoms with Gasteiger partial charge in [0.15, 0.2) is 5.96 Å². The van der Waals surface area contributed by atoms with Crippen LogP contribution in [0.15, 0.2) is 47.6 Å². The molecule has 1 saturated carbocycles. The summed E-state index contributed by atoms with van der Waals surface area (Å²) in [5.74, 6) is 1.78. The first kappa shape index (κ1) is 20.3. The Kier molecular flexibility index (Phi) is 7.96. The number of halogens is 1. The van der Waals surface area contributed by atoms with Crippen LogP contribution >= 0.6 is 24.0 Å². The Morgan fingerprint density at radius 1 is 1.27 bits per heavy atom. The van der Waals surface area contributed by atoms with Gasteiger partial charge in [-0.05, 0) is 49.4 Å². The van der Waals surface area contributed by atoms with Crippen molar-refractivity contribution in [2.45, 2.75) is 38.3 Å². The molecule has 1 heterocycles. The zero-order valence-electron chi connectivity index (χ0n) is 14.9. The molecule has 1 aromatic carbocycles. The molecule has 1 aromatic heterocycles. The normalized spacial score (nSPS) is 14.6. The minimum absolute atomic E-state index is 0. The SMILES string of the molecule is COc1cccc(NC(N)=NCc2ccnc(OC3CCCC3)c2)c1.I. The summed E-state index contributed by atoms with van der Waals surface area (Å²) in [7, 11) is 1.63. The fraction of sp³-hybridized carbons (Fsp3) is 0.368. The van der Waals surface area contributed by atoms with Crippen LogP contribution in [0.4, 0.5) is 5.69 Å². The van der Waals surface area contributed by atoms with Crippen molar-refractivity contribution in [3.63, 3.8) is 0 Å². The molecule has 1 aliphatic carbocycles. The van der Waals surface area contributed by atoms with Gasteiger partial charge in [-0.15, -0.1) is 24.0 Å². The smallest absolute Gasteiger partial charge is 0.213 e. The Morgan fingerprint density at radius 2 is 2.08 bits per heavy atom. The lowest BCUT2D eigenvalue weighted by Gasteiger charge is -2.12. The standard InChI is InChI=1S/C19H24N4O2.HI/c1-24-17-8-4-5-15(12-17)23-19(20)22-13-14-9-10-21-18(11-14)25-16-6-2-3-7-16;/h4-5,8-12,16H,2-3,6-7,13H2,1H3,(H3,20,22,23);1H. The molecule has 6 nitrogen and oxygen atoms in total. The number of rotatable bonds is 6. The van der Waals surface area contributed by atoms with Gasteiger partial charge >= 0.3 is 0 Å². The molecule has 26 heavy (non-hydrogen) atoms. The van der Waals surface area contributed by atoms with E-state index in [0.717, 1.165) is 29.8 Å². The maximum atomic E-state index is 5.97. The number of hydrogen-bond donors (Lipinski definition) is 2. The Balaban J connectivity index is 0.00000243. The molecule has 3 rings (SSSR count). The number of nitrogens with one attached hydrogen (secondary N) is 1. The summed E-state index contributed by atoms with van der Waals surface area (Å²) in [4.78, 5) is 8.66. The molecule has 0 amide bonds. The van der Waals surface area contributed by atoms with Gasteiger partial charge in [-0.1, -0.05) is 6.07 Å². The quantitative estimate of drug-likeness (QED) is 0.381. The van der Waals surface area contributed by atoms with Crippen LogP contribution < -0.4 is 20.5 Å². The molecule has 0 saturated heterocycles. The van der Waals surface area contributed by atoms with Crippen molar-refractivity contribution in [3.8, 4) is 11.6 Å². The summed E-state index contributed by atoms with van der Waals surface area (Å²) >= 11 is 0. The number of nitrogens with two attached hydrogens (primary N) is 1. The van der Waals surface area contributed by atoms with E-state index in [0.29, 0.717) is 24.5 Å². The zero-order chi connectivity index (χ0) is 17.5. The van der Waals surface area contributed by atoms with Crippen molar-refractivity contribution in [1.29, 1.82) is 0 Å². The number of benzene rings is 1. The predicted molar refractivity (Wildman–Crippen MR) is 114 cm³/mol. The van der Waals surface area contributed by atoms with E-state index in [1.807, 2.05) is 36.4 Å². The third kappa shape index (κ3) is 6.05. The van der Waals surface area contributed by atoms with Crippen LogP contribution in [0.5, 0.6) is 11.6 Å². The number of nitrogens with zero attached hydrogens (tertiary/aromatic N) is 2. The van der Waals surface area contributed by atoms with Crippen molar-refractivity contribution in [1.82, 2.24) is 4.98 Å². The molecule has 1 fully saturated rings. The van der Waals surface area contributed by atoms with E-state index in [9.17, 15) is 0 Å². The second kappa shape index (κ2) is 10.2. The Morgan fingerprint density at radius 3 is 2.85 bits per heavy atom. The molecular weight excluding hydrogens is 443 g/mol. The fourth-order valence-electron chi connectivity index (χ4n) is 2.85. The Labute approximate surface area is 171 Å². The van der Waals surface area contributed by atoms with Crippen molar-refractivity contribution in [2.75, 3.05) is 12.4 Å². The summed E-state index contributed by atoms with van der Waals surface area (Å²) in [6, 6.07) is 11.4. The molecule has 0 atom stereocenters.